The molecule has 2 heterocycles. The Kier molecular flexibility index (Phi) is 6.43. The SMILES string of the molecule is Cl.O=C(NC1CC2CCC(C1)N2)c1ccc(S(=O)(=O)Cc2ccccc2)cc1. The second-order valence-electron chi connectivity index (χ2n) is 7.55. The number of hydrogen-bond donors (Lipinski definition) is 2. The predicted octanol–water partition coefficient (Wildman–Crippen LogP) is 3.10. The maximum atomic E-state index is 12.6. The fraction of sp³-hybridized carbons (Fsp3) is 0.381. The number of amides is 1. The molecule has 1 amide bonds. The fourth-order valence-electron chi connectivity index (χ4n) is 4.13. The summed E-state index contributed by atoms with van der Waals surface area (Å²) in [6, 6.07) is 16.6. The highest BCUT2D eigenvalue weighted by Gasteiger charge is 2.34. The molecule has 5 nitrogen and oxygen atoms in total. The first-order chi connectivity index (χ1) is 13.0. The predicted molar refractivity (Wildman–Crippen MR) is 111 cm³/mol. The van der Waals surface area contributed by atoms with Crippen molar-refractivity contribution in [3.05, 3.63) is 65.7 Å². The number of fused-ring (bicyclic) bond motifs is 2. The van der Waals surface area contributed by atoms with E-state index in [0.717, 1.165) is 18.4 Å². The second kappa shape index (κ2) is 8.64. The molecular weight excluding hydrogens is 396 g/mol. The van der Waals surface area contributed by atoms with Crippen molar-refractivity contribution in [3.8, 4) is 0 Å². The first-order valence-corrected chi connectivity index (χ1v) is 11.1. The van der Waals surface area contributed by atoms with Gasteiger partial charge in [0.05, 0.1) is 10.6 Å². The molecule has 0 radical (unpaired) electrons. The van der Waals surface area contributed by atoms with Crippen LogP contribution in [0.5, 0.6) is 0 Å². The normalized spacial score (nSPS) is 23.6. The van der Waals surface area contributed by atoms with Crippen LogP contribution in [0.4, 0.5) is 0 Å². The lowest BCUT2D eigenvalue weighted by atomic mass is 9.99. The lowest BCUT2D eigenvalue weighted by Crippen LogP contribution is -2.48. The van der Waals surface area contributed by atoms with Gasteiger partial charge in [-0.05, 0) is 55.5 Å². The number of sulfone groups is 1. The van der Waals surface area contributed by atoms with E-state index in [2.05, 4.69) is 10.6 Å². The van der Waals surface area contributed by atoms with Crippen molar-refractivity contribution < 1.29 is 13.2 Å². The Labute approximate surface area is 172 Å². The van der Waals surface area contributed by atoms with Crippen LogP contribution in [0.25, 0.3) is 0 Å². The lowest BCUT2D eigenvalue weighted by molar-refractivity contribution is 0.0924. The first kappa shape index (κ1) is 20.8. The molecule has 2 saturated heterocycles. The second-order valence-corrected chi connectivity index (χ2v) is 9.54. The number of benzene rings is 2. The quantitative estimate of drug-likeness (QED) is 0.779. The number of carbonyl (C=O) groups is 1. The number of rotatable bonds is 5. The minimum absolute atomic E-state index is 0. The van der Waals surface area contributed by atoms with Gasteiger partial charge >= 0.3 is 0 Å². The Morgan fingerprint density at radius 2 is 1.57 bits per heavy atom. The smallest absolute Gasteiger partial charge is 0.251 e. The zero-order valence-corrected chi connectivity index (χ0v) is 17.1. The largest absolute Gasteiger partial charge is 0.349 e. The molecule has 150 valence electrons. The van der Waals surface area contributed by atoms with E-state index in [9.17, 15) is 13.2 Å². The van der Waals surface area contributed by atoms with Crippen LogP contribution in [0.2, 0.25) is 0 Å². The van der Waals surface area contributed by atoms with Crippen LogP contribution in [0, 0.1) is 0 Å². The number of piperidine rings is 1. The van der Waals surface area contributed by atoms with E-state index in [1.54, 1.807) is 24.3 Å². The molecule has 28 heavy (non-hydrogen) atoms. The molecule has 0 saturated carbocycles. The third-order valence-electron chi connectivity index (χ3n) is 5.48. The van der Waals surface area contributed by atoms with Crippen molar-refractivity contribution in [2.75, 3.05) is 0 Å². The molecule has 2 fully saturated rings. The molecule has 0 aromatic heterocycles. The van der Waals surface area contributed by atoms with Crippen molar-refractivity contribution in [2.24, 2.45) is 0 Å². The summed E-state index contributed by atoms with van der Waals surface area (Å²) < 4.78 is 25.1. The van der Waals surface area contributed by atoms with Crippen LogP contribution in [0.1, 0.15) is 41.6 Å². The van der Waals surface area contributed by atoms with E-state index in [1.165, 1.54) is 25.0 Å². The minimum atomic E-state index is -3.43. The molecule has 2 unspecified atom stereocenters. The maximum absolute atomic E-state index is 12.6. The molecule has 2 atom stereocenters. The van der Waals surface area contributed by atoms with Crippen LogP contribution >= 0.6 is 12.4 Å². The fourth-order valence-corrected chi connectivity index (χ4v) is 5.48. The maximum Gasteiger partial charge on any atom is 0.251 e. The highest BCUT2D eigenvalue weighted by Crippen LogP contribution is 2.27. The van der Waals surface area contributed by atoms with Crippen LogP contribution in [-0.4, -0.2) is 32.5 Å². The number of hydrogen-bond acceptors (Lipinski definition) is 4. The molecule has 4 rings (SSSR count). The van der Waals surface area contributed by atoms with Crippen molar-refractivity contribution >= 4 is 28.2 Å². The zero-order chi connectivity index (χ0) is 18.9. The molecule has 2 bridgehead atoms. The summed E-state index contributed by atoms with van der Waals surface area (Å²) in [6.45, 7) is 0. The number of carbonyl (C=O) groups excluding carboxylic acids is 1. The van der Waals surface area contributed by atoms with Crippen LogP contribution < -0.4 is 10.6 Å². The van der Waals surface area contributed by atoms with Gasteiger partial charge in [0, 0.05) is 23.7 Å². The van der Waals surface area contributed by atoms with Crippen molar-refractivity contribution in [3.63, 3.8) is 0 Å². The third-order valence-corrected chi connectivity index (χ3v) is 7.19. The van der Waals surface area contributed by atoms with Crippen LogP contribution in [0.3, 0.4) is 0 Å². The van der Waals surface area contributed by atoms with Gasteiger partial charge in [-0.15, -0.1) is 12.4 Å². The molecule has 2 N–H and O–H groups in total. The van der Waals surface area contributed by atoms with Gasteiger partial charge in [0.15, 0.2) is 9.84 Å². The Hall–Kier alpha value is -1.89. The van der Waals surface area contributed by atoms with Crippen molar-refractivity contribution in [1.29, 1.82) is 0 Å². The zero-order valence-electron chi connectivity index (χ0n) is 15.5. The van der Waals surface area contributed by atoms with E-state index in [4.69, 9.17) is 0 Å². The van der Waals surface area contributed by atoms with E-state index in [-0.39, 0.29) is 35.0 Å². The summed E-state index contributed by atoms with van der Waals surface area (Å²) in [6.07, 6.45) is 4.30. The van der Waals surface area contributed by atoms with Gasteiger partial charge in [-0.3, -0.25) is 4.79 Å². The Morgan fingerprint density at radius 3 is 2.18 bits per heavy atom. The summed E-state index contributed by atoms with van der Waals surface area (Å²) in [4.78, 5) is 12.8. The highest BCUT2D eigenvalue weighted by atomic mass is 35.5. The summed E-state index contributed by atoms with van der Waals surface area (Å²) in [5.41, 5.74) is 1.25. The van der Waals surface area contributed by atoms with E-state index in [1.807, 2.05) is 18.2 Å². The van der Waals surface area contributed by atoms with Crippen molar-refractivity contribution in [1.82, 2.24) is 10.6 Å². The monoisotopic (exact) mass is 420 g/mol. The van der Waals surface area contributed by atoms with Crippen LogP contribution in [-0.2, 0) is 15.6 Å². The number of nitrogens with one attached hydrogen (secondary N) is 2. The van der Waals surface area contributed by atoms with Gasteiger partial charge in [-0.25, -0.2) is 8.42 Å². The lowest BCUT2D eigenvalue weighted by Gasteiger charge is -2.29. The van der Waals surface area contributed by atoms with Gasteiger partial charge in [-0.1, -0.05) is 30.3 Å². The number of halogens is 1. The Morgan fingerprint density at radius 1 is 0.964 bits per heavy atom. The summed E-state index contributed by atoms with van der Waals surface area (Å²) in [7, 11) is -3.43. The Balaban J connectivity index is 0.00000225. The van der Waals surface area contributed by atoms with Gasteiger partial charge in [0.25, 0.3) is 5.91 Å². The molecule has 2 aliphatic heterocycles. The topological polar surface area (TPSA) is 75.3 Å². The summed E-state index contributed by atoms with van der Waals surface area (Å²) in [5.74, 6) is -0.176. The van der Waals surface area contributed by atoms with Gasteiger partial charge in [0.2, 0.25) is 0 Å². The van der Waals surface area contributed by atoms with Gasteiger partial charge in [-0.2, -0.15) is 0 Å². The van der Waals surface area contributed by atoms with Crippen molar-refractivity contribution in [2.45, 2.75) is 54.5 Å². The average Bonchev–Trinajstić information content (AvgIpc) is 3.00. The Bertz CT molecular complexity index is 904. The molecule has 0 aliphatic carbocycles. The standard InChI is InChI=1S/C21H24N2O3S.ClH/c24-21(23-19-12-17-8-9-18(13-19)22-17)16-6-10-20(11-7-16)27(25,26)14-15-4-2-1-3-5-15;/h1-7,10-11,17-19,22H,8-9,12-14H2,(H,23,24);1H. The molecule has 7 heteroatoms. The van der Waals surface area contributed by atoms with E-state index >= 15 is 0 Å². The molecular formula is C21H25ClN2O3S. The highest BCUT2D eigenvalue weighted by molar-refractivity contribution is 7.90. The average molecular weight is 421 g/mol. The van der Waals surface area contributed by atoms with E-state index in [0.29, 0.717) is 17.6 Å². The molecule has 2 aromatic carbocycles. The molecule has 0 spiro atoms. The summed E-state index contributed by atoms with van der Waals surface area (Å²) in [5, 5.41) is 6.66. The van der Waals surface area contributed by atoms with E-state index < -0.39 is 9.84 Å². The van der Waals surface area contributed by atoms with Gasteiger partial charge < -0.3 is 10.6 Å². The molecule has 2 aromatic rings. The van der Waals surface area contributed by atoms with Gasteiger partial charge in [0.1, 0.15) is 0 Å². The van der Waals surface area contributed by atoms with Crippen LogP contribution in [0.15, 0.2) is 59.5 Å². The third kappa shape index (κ3) is 4.74. The minimum Gasteiger partial charge on any atom is -0.349 e. The summed E-state index contributed by atoms with van der Waals surface area (Å²) >= 11 is 0. The first-order valence-electron chi connectivity index (χ1n) is 9.43. The molecule has 2 aliphatic rings.